The van der Waals surface area contributed by atoms with Gasteiger partial charge in [0, 0.05) is 20.0 Å². The quantitative estimate of drug-likeness (QED) is 0.539. The van der Waals surface area contributed by atoms with Gasteiger partial charge in [-0.15, -0.1) is 0 Å². The van der Waals surface area contributed by atoms with Gasteiger partial charge in [0.15, 0.2) is 5.69 Å². The summed E-state index contributed by atoms with van der Waals surface area (Å²) in [5.74, 6) is -2.25. The molecular weight excluding hydrogens is 435 g/mol. The van der Waals surface area contributed by atoms with Gasteiger partial charge in [0.2, 0.25) is 5.75 Å². The van der Waals surface area contributed by atoms with E-state index in [0.29, 0.717) is 5.56 Å². The van der Waals surface area contributed by atoms with E-state index in [1.54, 1.807) is 20.8 Å². The molecule has 0 unspecified atom stereocenters. The number of carbonyl (C=O) groups excluding carboxylic acids is 1. The van der Waals surface area contributed by atoms with Gasteiger partial charge in [-0.3, -0.25) is 19.1 Å². The Morgan fingerprint density at radius 2 is 1.88 bits per heavy atom. The summed E-state index contributed by atoms with van der Waals surface area (Å²) in [4.78, 5) is 43.1. The Labute approximate surface area is 189 Å². The number of likely N-dealkylation sites (tertiary alicyclic amines) is 1. The number of halogens is 1. The lowest BCUT2D eigenvalue weighted by atomic mass is 9.70. The van der Waals surface area contributed by atoms with Crippen molar-refractivity contribution >= 4 is 12.0 Å². The summed E-state index contributed by atoms with van der Waals surface area (Å²) in [6.07, 6.45) is -2.38. The van der Waals surface area contributed by atoms with Gasteiger partial charge in [-0.1, -0.05) is 32.9 Å². The highest BCUT2D eigenvalue weighted by Gasteiger charge is 2.58. The third kappa shape index (κ3) is 4.15. The fourth-order valence-electron chi connectivity index (χ4n) is 4.37. The summed E-state index contributed by atoms with van der Waals surface area (Å²) in [6, 6.07) is 5.40. The maximum atomic E-state index is 13.1. The number of amides is 2. The summed E-state index contributed by atoms with van der Waals surface area (Å²) in [5.41, 5.74) is -3.21. The molecule has 0 bridgehead atoms. The molecule has 1 fully saturated rings. The van der Waals surface area contributed by atoms with Gasteiger partial charge < -0.3 is 20.6 Å². The van der Waals surface area contributed by atoms with E-state index in [2.05, 4.69) is 10.3 Å². The SMILES string of the molecule is Cn1c([C@@]2(C(C)(C)C)C[C@@H](O)CN2C(=O)O)nc(C(=O)NCc2ccc(F)cc2)c(O)c1=O. The van der Waals surface area contributed by atoms with E-state index in [1.165, 1.54) is 31.3 Å². The van der Waals surface area contributed by atoms with Crippen molar-refractivity contribution in [3.05, 3.63) is 57.5 Å². The molecule has 3 rings (SSSR count). The first-order valence-corrected chi connectivity index (χ1v) is 10.3. The number of nitrogens with zero attached hydrogens (tertiary/aromatic N) is 3. The lowest BCUT2D eigenvalue weighted by molar-refractivity contribution is 0.0170. The van der Waals surface area contributed by atoms with Gasteiger partial charge in [0.25, 0.3) is 11.5 Å². The molecule has 11 heteroatoms. The normalized spacial score (nSPS) is 20.7. The second-order valence-corrected chi connectivity index (χ2v) is 9.17. The average molecular weight is 462 g/mol. The highest BCUT2D eigenvalue weighted by Crippen LogP contribution is 2.50. The minimum Gasteiger partial charge on any atom is -0.501 e. The number of nitrogens with one attached hydrogen (secondary N) is 1. The van der Waals surface area contributed by atoms with Gasteiger partial charge >= 0.3 is 6.09 Å². The Hall–Kier alpha value is -3.47. The summed E-state index contributed by atoms with van der Waals surface area (Å²) in [6.45, 7) is 5.02. The van der Waals surface area contributed by atoms with E-state index in [9.17, 15) is 34.1 Å². The largest absolute Gasteiger partial charge is 0.501 e. The van der Waals surface area contributed by atoms with Crippen LogP contribution < -0.4 is 10.9 Å². The molecule has 0 saturated carbocycles. The number of carboxylic acid groups (broad SMARTS) is 1. The molecule has 33 heavy (non-hydrogen) atoms. The molecule has 0 radical (unpaired) electrons. The van der Waals surface area contributed by atoms with Gasteiger partial charge in [0.05, 0.1) is 12.6 Å². The lowest BCUT2D eigenvalue weighted by Gasteiger charge is -2.46. The molecule has 0 aliphatic carbocycles. The van der Waals surface area contributed by atoms with Crippen molar-refractivity contribution in [3.63, 3.8) is 0 Å². The van der Waals surface area contributed by atoms with E-state index in [4.69, 9.17) is 0 Å². The van der Waals surface area contributed by atoms with Crippen LogP contribution in [0.4, 0.5) is 9.18 Å². The van der Waals surface area contributed by atoms with Crippen LogP contribution in [0.2, 0.25) is 0 Å². The molecule has 2 atom stereocenters. The molecule has 1 aliphatic rings. The Morgan fingerprint density at radius 1 is 1.27 bits per heavy atom. The van der Waals surface area contributed by atoms with Crippen molar-refractivity contribution in [1.82, 2.24) is 19.8 Å². The van der Waals surface area contributed by atoms with Crippen molar-refractivity contribution in [2.24, 2.45) is 12.5 Å². The summed E-state index contributed by atoms with van der Waals surface area (Å²) in [5, 5.41) is 33.1. The standard InChI is InChI=1S/C22H27FN4O6/c1-21(2,3)22(9-14(28)11-27(22)20(32)33)19-25-15(16(29)18(31)26(19)4)17(30)24-10-12-5-7-13(23)8-6-12/h5-8,14,28-29H,9-11H2,1-4H3,(H,24,30)(H,32,33)/t14-,22-/m1/s1. The third-order valence-corrected chi connectivity index (χ3v) is 6.08. The predicted molar refractivity (Wildman–Crippen MR) is 115 cm³/mol. The van der Waals surface area contributed by atoms with Gasteiger partial charge in [-0.25, -0.2) is 14.2 Å². The molecule has 1 aromatic carbocycles. The number of benzene rings is 1. The fourth-order valence-corrected chi connectivity index (χ4v) is 4.37. The van der Waals surface area contributed by atoms with Crippen LogP contribution in [0.15, 0.2) is 29.1 Å². The van der Waals surface area contributed by atoms with Crippen molar-refractivity contribution in [3.8, 4) is 5.75 Å². The number of hydrogen-bond donors (Lipinski definition) is 4. The average Bonchev–Trinajstić information content (AvgIpc) is 3.10. The monoisotopic (exact) mass is 462 g/mol. The van der Waals surface area contributed by atoms with Crippen molar-refractivity contribution in [2.75, 3.05) is 6.54 Å². The summed E-state index contributed by atoms with van der Waals surface area (Å²) < 4.78 is 14.1. The van der Waals surface area contributed by atoms with Crippen LogP contribution in [0.3, 0.4) is 0 Å². The number of aliphatic hydroxyl groups is 1. The Kier molecular flexibility index (Phi) is 6.20. The van der Waals surface area contributed by atoms with Crippen LogP contribution in [0, 0.1) is 11.2 Å². The van der Waals surface area contributed by atoms with Crippen molar-refractivity contribution < 1.29 is 29.3 Å². The topological polar surface area (TPSA) is 145 Å². The number of rotatable bonds is 4. The molecule has 2 heterocycles. The molecule has 1 aliphatic heterocycles. The van der Waals surface area contributed by atoms with E-state index in [1.807, 2.05) is 0 Å². The number of hydrogen-bond acceptors (Lipinski definition) is 6. The zero-order valence-electron chi connectivity index (χ0n) is 18.8. The van der Waals surface area contributed by atoms with Crippen LogP contribution in [-0.2, 0) is 19.1 Å². The molecule has 10 nitrogen and oxygen atoms in total. The van der Waals surface area contributed by atoms with Gasteiger partial charge in [-0.05, 0) is 23.1 Å². The maximum absolute atomic E-state index is 13.1. The molecule has 1 saturated heterocycles. The van der Waals surface area contributed by atoms with Crippen molar-refractivity contribution in [2.45, 2.75) is 45.4 Å². The summed E-state index contributed by atoms with van der Waals surface area (Å²) in [7, 11) is 1.32. The second kappa shape index (κ2) is 8.47. The fraction of sp³-hybridized carbons (Fsp3) is 0.455. The molecule has 1 aromatic heterocycles. The first-order chi connectivity index (χ1) is 15.3. The van der Waals surface area contributed by atoms with Crippen LogP contribution in [-0.4, -0.2) is 54.4 Å². The van der Waals surface area contributed by atoms with Crippen molar-refractivity contribution in [1.29, 1.82) is 0 Å². The maximum Gasteiger partial charge on any atom is 0.408 e. The van der Waals surface area contributed by atoms with Crippen LogP contribution in [0.25, 0.3) is 0 Å². The number of carbonyl (C=O) groups is 2. The van der Waals surface area contributed by atoms with Gasteiger partial charge in [-0.2, -0.15) is 0 Å². The highest BCUT2D eigenvalue weighted by molar-refractivity contribution is 5.94. The smallest absolute Gasteiger partial charge is 0.408 e. The molecule has 0 spiro atoms. The first-order valence-electron chi connectivity index (χ1n) is 10.3. The van der Waals surface area contributed by atoms with E-state index in [-0.39, 0.29) is 25.3 Å². The van der Waals surface area contributed by atoms with Crippen LogP contribution in [0.5, 0.6) is 5.75 Å². The number of aliphatic hydroxyl groups excluding tert-OH is 1. The number of aromatic hydroxyl groups is 1. The molecular formula is C22H27FN4O6. The van der Waals surface area contributed by atoms with E-state index in [0.717, 1.165) is 9.47 Å². The second-order valence-electron chi connectivity index (χ2n) is 9.17. The zero-order valence-corrected chi connectivity index (χ0v) is 18.8. The molecule has 2 amide bonds. The van der Waals surface area contributed by atoms with Crippen LogP contribution in [0.1, 0.15) is 49.1 Å². The lowest BCUT2D eigenvalue weighted by Crippen LogP contribution is -2.55. The zero-order chi connectivity index (χ0) is 24.7. The van der Waals surface area contributed by atoms with E-state index < -0.39 is 51.9 Å². The number of β-amino-alcohol motifs (C(OH)–C–C–N with tert-alkyl or cyclic N) is 1. The minimum absolute atomic E-state index is 0.0187. The van der Waals surface area contributed by atoms with Gasteiger partial charge in [0.1, 0.15) is 17.2 Å². The molecule has 4 N–H and O–H groups in total. The molecule has 2 aromatic rings. The summed E-state index contributed by atoms with van der Waals surface area (Å²) >= 11 is 0. The highest BCUT2D eigenvalue weighted by atomic mass is 19.1. The first kappa shape index (κ1) is 24.2. The molecule has 178 valence electrons. The third-order valence-electron chi connectivity index (χ3n) is 6.08. The number of aromatic nitrogens is 2. The van der Waals surface area contributed by atoms with E-state index >= 15 is 0 Å². The predicted octanol–water partition coefficient (Wildman–Crippen LogP) is 1.54. The minimum atomic E-state index is -1.45. The Balaban J connectivity index is 2.11. The van der Waals surface area contributed by atoms with Crippen LogP contribution >= 0.6 is 0 Å². The Bertz CT molecular complexity index is 1140. The Morgan fingerprint density at radius 3 is 2.42 bits per heavy atom.